The van der Waals surface area contributed by atoms with Crippen LogP contribution in [0.2, 0.25) is 0 Å². The van der Waals surface area contributed by atoms with Crippen LogP contribution in [-0.4, -0.2) is 43.4 Å². The van der Waals surface area contributed by atoms with E-state index in [9.17, 15) is 4.79 Å². The van der Waals surface area contributed by atoms with Gasteiger partial charge >= 0.3 is 0 Å². The van der Waals surface area contributed by atoms with Crippen molar-refractivity contribution in [2.24, 2.45) is 0 Å². The fourth-order valence-corrected chi connectivity index (χ4v) is 2.42. The Morgan fingerprint density at radius 3 is 3.33 bits per heavy atom. The van der Waals surface area contributed by atoms with E-state index in [1.807, 2.05) is 5.38 Å². The van der Waals surface area contributed by atoms with E-state index in [0.29, 0.717) is 13.2 Å². The highest BCUT2D eigenvalue weighted by molar-refractivity contribution is 7.09. The first kappa shape index (κ1) is 13.5. The minimum absolute atomic E-state index is 0.0791. The van der Waals surface area contributed by atoms with Crippen LogP contribution in [0, 0.1) is 0 Å². The smallest absolute Gasteiger partial charge is 0.246 e. The normalized spacial score (nSPS) is 19.0. The van der Waals surface area contributed by atoms with E-state index in [1.165, 1.54) is 0 Å². The molecular formula is C12H18N2O3S. The van der Waals surface area contributed by atoms with Crippen LogP contribution in [0.5, 0.6) is 0 Å². The molecule has 1 saturated heterocycles. The van der Waals surface area contributed by atoms with Crippen molar-refractivity contribution in [1.29, 1.82) is 0 Å². The summed E-state index contributed by atoms with van der Waals surface area (Å²) in [5.74, 6) is -0.0791. The minimum Gasteiger partial charge on any atom is -0.376 e. The molecule has 1 aromatic rings. The SMILES string of the molecule is O=C(COC[C@H]1CCCO1)NCCc1nccs1. The summed E-state index contributed by atoms with van der Waals surface area (Å²) >= 11 is 1.60. The van der Waals surface area contributed by atoms with Crippen LogP contribution in [0.15, 0.2) is 11.6 Å². The highest BCUT2D eigenvalue weighted by Gasteiger charge is 2.15. The zero-order valence-electron chi connectivity index (χ0n) is 10.3. The Balaban J connectivity index is 1.49. The number of hydrogen-bond donors (Lipinski definition) is 1. The van der Waals surface area contributed by atoms with Gasteiger partial charge in [-0.15, -0.1) is 11.3 Å². The summed E-state index contributed by atoms with van der Waals surface area (Å²) in [4.78, 5) is 15.6. The molecule has 1 aliphatic heterocycles. The fraction of sp³-hybridized carbons (Fsp3) is 0.667. The van der Waals surface area contributed by atoms with Crippen LogP contribution in [-0.2, 0) is 20.7 Å². The van der Waals surface area contributed by atoms with Crippen molar-refractivity contribution in [1.82, 2.24) is 10.3 Å². The molecule has 0 bridgehead atoms. The second-order valence-electron chi connectivity index (χ2n) is 4.18. The van der Waals surface area contributed by atoms with E-state index in [0.717, 1.165) is 30.9 Å². The second-order valence-corrected chi connectivity index (χ2v) is 5.16. The molecule has 1 aromatic heterocycles. The predicted molar refractivity (Wildman–Crippen MR) is 68.6 cm³/mol. The fourth-order valence-electron chi connectivity index (χ4n) is 1.80. The van der Waals surface area contributed by atoms with Gasteiger partial charge in [-0.3, -0.25) is 4.79 Å². The molecule has 0 unspecified atom stereocenters. The van der Waals surface area contributed by atoms with Crippen molar-refractivity contribution in [3.05, 3.63) is 16.6 Å². The summed E-state index contributed by atoms with van der Waals surface area (Å²) in [5, 5.41) is 5.78. The number of nitrogens with zero attached hydrogens (tertiary/aromatic N) is 1. The van der Waals surface area contributed by atoms with Crippen molar-refractivity contribution < 1.29 is 14.3 Å². The van der Waals surface area contributed by atoms with E-state index in [4.69, 9.17) is 9.47 Å². The minimum atomic E-state index is -0.0791. The highest BCUT2D eigenvalue weighted by Crippen LogP contribution is 2.11. The van der Waals surface area contributed by atoms with Crippen LogP contribution in [0.25, 0.3) is 0 Å². The number of carbonyl (C=O) groups excluding carboxylic acids is 1. The number of nitrogens with one attached hydrogen (secondary N) is 1. The number of ether oxygens (including phenoxy) is 2. The predicted octanol–water partition coefficient (Wildman–Crippen LogP) is 0.997. The van der Waals surface area contributed by atoms with Gasteiger partial charge in [0.05, 0.1) is 17.7 Å². The van der Waals surface area contributed by atoms with E-state index in [-0.39, 0.29) is 18.6 Å². The van der Waals surface area contributed by atoms with Crippen LogP contribution >= 0.6 is 11.3 Å². The second kappa shape index (κ2) is 7.45. The van der Waals surface area contributed by atoms with Crippen molar-refractivity contribution >= 4 is 17.2 Å². The Kier molecular flexibility index (Phi) is 5.57. The first-order valence-corrected chi connectivity index (χ1v) is 7.07. The maximum absolute atomic E-state index is 11.5. The molecule has 1 atom stereocenters. The topological polar surface area (TPSA) is 60.5 Å². The van der Waals surface area contributed by atoms with Gasteiger partial charge in [-0.25, -0.2) is 4.98 Å². The van der Waals surface area contributed by atoms with Crippen LogP contribution < -0.4 is 5.32 Å². The molecular weight excluding hydrogens is 252 g/mol. The van der Waals surface area contributed by atoms with Crippen molar-refractivity contribution in [3.63, 3.8) is 0 Å². The molecule has 2 rings (SSSR count). The lowest BCUT2D eigenvalue weighted by molar-refractivity contribution is -0.126. The molecule has 1 fully saturated rings. The summed E-state index contributed by atoms with van der Waals surface area (Å²) in [7, 11) is 0. The van der Waals surface area contributed by atoms with E-state index in [1.54, 1.807) is 17.5 Å². The van der Waals surface area contributed by atoms with Gasteiger partial charge in [0, 0.05) is 31.1 Å². The molecule has 2 heterocycles. The van der Waals surface area contributed by atoms with Crippen molar-refractivity contribution in [2.45, 2.75) is 25.4 Å². The first-order valence-electron chi connectivity index (χ1n) is 6.19. The molecule has 5 nitrogen and oxygen atoms in total. The summed E-state index contributed by atoms with van der Waals surface area (Å²) < 4.78 is 10.7. The third kappa shape index (κ3) is 4.72. The lowest BCUT2D eigenvalue weighted by atomic mass is 10.2. The standard InChI is InChI=1S/C12H18N2O3S/c15-11(9-16-8-10-2-1-6-17-10)13-4-3-12-14-5-7-18-12/h5,7,10H,1-4,6,8-9H2,(H,13,15)/t10-/m1/s1. The van der Waals surface area contributed by atoms with Gasteiger partial charge in [0.1, 0.15) is 6.61 Å². The quantitative estimate of drug-likeness (QED) is 0.803. The molecule has 0 radical (unpaired) electrons. The Morgan fingerprint density at radius 1 is 1.67 bits per heavy atom. The maximum atomic E-state index is 11.5. The third-order valence-electron chi connectivity index (χ3n) is 2.71. The van der Waals surface area contributed by atoms with E-state index >= 15 is 0 Å². The summed E-state index contributed by atoms with van der Waals surface area (Å²) in [6.45, 7) is 2.04. The summed E-state index contributed by atoms with van der Waals surface area (Å²) in [5.41, 5.74) is 0. The molecule has 100 valence electrons. The van der Waals surface area contributed by atoms with Gasteiger partial charge in [-0.2, -0.15) is 0 Å². The molecule has 6 heteroatoms. The molecule has 1 N–H and O–H groups in total. The lowest BCUT2D eigenvalue weighted by Crippen LogP contribution is -2.30. The molecule has 1 aliphatic rings. The number of rotatable bonds is 7. The number of carbonyl (C=O) groups is 1. The zero-order valence-corrected chi connectivity index (χ0v) is 11.1. The van der Waals surface area contributed by atoms with Crippen LogP contribution in [0.1, 0.15) is 17.8 Å². The monoisotopic (exact) mass is 270 g/mol. The molecule has 18 heavy (non-hydrogen) atoms. The molecule has 0 aromatic carbocycles. The molecule has 1 amide bonds. The highest BCUT2D eigenvalue weighted by atomic mass is 32.1. The van der Waals surface area contributed by atoms with E-state index in [2.05, 4.69) is 10.3 Å². The van der Waals surface area contributed by atoms with Gasteiger partial charge in [-0.05, 0) is 12.8 Å². The molecule has 0 spiro atoms. The molecule has 0 saturated carbocycles. The third-order valence-corrected chi connectivity index (χ3v) is 3.54. The largest absolute Gasteiger partial charge is 0.376 e. The van der Waals surface area contributed by atoms with Crippen LogP contribution in [0.3, 0.4) is 0 Å². The molecule has 0 aliphatic carbocycles. The first-order chi connectivity index (χ1) is 8.84. The number of amides is 1. The average molecular weight is 270 g/mol. The van der Waals surface area contributed by atoms with Gasteiger partial charge in [0.15, 0.2) is 0 Å². The summed E-state index contributed by atoms with van der Waals surface area (Å²) in [6.07, 6.45) is 4.84. The number of hydrogen-bond acceptors (Lipinski definition) is 5. The Morgan fingerprint density at radius 2 is 2.61 bits per heavy atom. The van der Waals surface area contributed by atoms with Crippen LogP contribution in [0.4, 0.5) is 0 Å². The van der Waals surface area contributed by atoms with E-state index < -0.39 is 0 Å². The van der Waals surface area contributed by atoms with Gasteiger partial charge < -0.3 is 14.8 Å². The number of aromatic nitrogens is 1. The lowest BCUT2D eigenvalue weighted by Gasteiger charge is -2.09. The van der Waals surface area contributed by atoms with Gasteiger partial charge in [0.25, 0.3) is 0 Å². The number of thiazole rings is 1. The average Bonchev–Trinajstić information content (AvgIpc) is 3.01. The van der Waals surface area contributed by atoms with Crippen molar-refractivity contribution in [2.75, 3.05) is 26.4 Å². The van der Waals surface area contributed by atoms with Gasteiger partial charge in [-0.1, -0.05) is 0 Å². The maximum Gasteiger partial charge on any atom is 0.246 e. The van der Waals surface area contributed by atoms with Gasteiger partial charge in [0.2, 0.25) is 5.91 Å². The Hall–Kier alpha value is -0.980. The summed E-state index contributed by atoms with van der Waals surface area (Å²) in [6, 6.07) is 0. The zero-order chi connectivity index (χ0) is 12.6. The van der Waals surface area contributed by atoms with Crippen molar-refractivity contribution in [3.8, 4) is 0 Å². The Bertz CT molecular complexity index is 350. The Labute approximate surface area is 111 Å².